The molecule has 0 aliphatic heterocycles. The zero-order valence-corrected chi connectivity index (χ0v) is 7.94. The van der Waals surface area contributed by atoms with Crippen molar-refractivity contribution in [1.82, 2.24) is 0 Å². The lowest BCUT2D eigenvalue weighted by molar-refractivity contribution is -0.142. The predicted octanol–water partition coefficient (Wildman–Crippen LogP) is 2.62. The molecule has 13 heavy (non-hydrogen) atoms. The lowest BCUT2D eigenvalue weighted by Crippen LogP contribution is -2.20. The predicted molar refractivity (Wildman–Crippen MR) is 52.4 cm³/mol. The molecule has 2 unspecified atom stereocenters. The average molecular weight is 180 g/mol. The van der Waals surface area contributed by atoms with Gasteiger partial charge < -0.3 is 5.11 Å². The second-order valence-corrected chi connectivity index (χ2v) is 3.42. The van der Waals surface area contributed by atoms with Gasteiger partial charge in [-0.05, 0) is 32.1 Å². The Morgan fingerprint density at radius 2 is 2.54 bits per heavy atom. The number of hydrogen-bond donors (Lipinski definition) is 1. The van der Waals surface area contributed by atoms with E-state index >= 15 is 0 Å². The van der Waals surface area contributed by atoms with Crippen molar-refractivity contribution in [3.8, 4) is 0 Å². The molecule has 72 valence electrons. The van der Waals surface area contributed by atoms with Crippen LogP contribution in [0.1, 0.15) is 26.2 Å². The highest BCUT2D eigenvalue weighted by Crippen LogP contribution is 2.28. The van der Waals surface area contributed by atoms with Crippen LogP contribution < -0.4 is 0 Å². The van der Waals surface area contributed by atoms with Crippen molar-refractivity contribution in [3.05, 3.63) is 24.3 Å². The minimum absolute atomic E-state index is 0.227. The molecule has 0 aromatic rings. The normalized spacial score (nSPS) is 23.9. The van der Waals surface area contributed by atoms with Crippen LogP contribution in [0.3, 0.4) is 0 Å². The molecule has 0 amide bonds. The molecule has 1 aliphatic carbocycles. The molecule has 2 nitrogen and oxygen atoms in total. The summed E-state index contributed by atoms with van der Waals surface area (Å²) in [4.78, 5) is 10.9. The van der Waals surface area contributed by atoms with E-state index in [4.69, 9.17) is 5.11 Å². The highest BCUT2D eigenvalue weighted by Gasteiger charge is 2.26. The van der Waals surface area contributed by atoms with Gasteiger partial charge in [-0.3, -0.25) is 4.79 Å². The van der Waals surface area contributed by atoms with Gasteiger partial charge in [0.2, 0.25) is 0 Å². The molecule has 0 radical (unpaired) electrons. The first-order valence-electron chi connectivity index (χ1n) is 4.76. The smallest absolute Gasteiger partial charge is 0.307 e. The summed E-state index contributed by atoms with van der Waals surface area (Å²) in [5, 5.41) is 8.99. The van der Waals surface area contributed by atoms with Crippen LogP contribution in [0.15, 0.2) is 24.3 Å². The van der Waals surface area contributed by atoms with Gasteiger partial charge in [-0.2, -0.15) is 0 Å². The maximum absolute atomic E-state index is 10.9. The van der Waals surface area contributed by atoms with E-state index in [0.717, 1.165) is 12.8 Å². The standard InChI is InChI=1S/C11H16O2/c1-2-3-8-10(11(12)13)9-6-4-5-7-9/h2-4,6,9-10H,5,7-8H2,1H3,(H,12,13)/b3-2+. The zero-order valence-electron chi connectivity index (χ0n) is 7.94. The molecule has 0 spiro atoms. The van der Waals surface area contributed by atoms with Crippen molar-refractivity contribution in [2.45, 2.75) is 26.2 Å². The van der Waals surface area contributed by atoms with Crippen molar-refractivity contribution in [2.24, 2.45) is 11.8 Å². The van der Waals surface area contributed by atoms with Gasteiger partial charge in [0.1, 0.15) is 0 Å². The van der Waals surface area contributed by atoms with Crippen LogP contribution in [-0.4, -0.2) is 11.1 Å². The van der Waals surface area contributed by atoms with E-state index in [9.17, 15) is 4.79 Å². The Labute approximate surface area is 79.0 Å². The largest absolute Gasteiger partial charge is 0.481 e. The number of hydrogen-bond acceptors (Lipinski definition) is 1. The minimum Gasteiger partial charge on any atom is -0.481 e. The first kappa shape index (κ1) is 10.0. The Morgan fingerprint density at radius 3 is 3.00 bits per heavy atom. The highest BCUT2D eigenvalue weighted by molar-refractivity contribution is 5.71. The molecule has 0 aromatic carbocycles. The van der Waals surface area contributed by atoms with Crippen LogP contribution in [0.2, 0.25) is 0 Å². The van der Waals surface area contributed by atoms with Crippen LogP contribution in [0, 0.1) is 11.8 Å². The van der Waals surface area contributed by atoms with Crippen LogP contribution in [-0.2, 0) is 4.79 Å². The summed E-state index contributed by atoms with van der Waals surface area (Å²) in [6, 6.07) is 0. The summed E-state index contributed by atoms with van der Waals surface area (Å²) in [7, 11) is 0. The van der Waals surface area contributed by atoms with E-state index in [1.165, 1.54) is 0 Å². The van der Waals surface area contributed by atoms with Crippen molar-refractivity contribution < 1.29 is 9.90 Å². The van der Waals surface area contributed by atoms with Crippen LogP contribution in [0.4, 0.5) is 0 Å². The molecule has 2 heteroatoms. The Kier molecular flexibility index (Phi) is 3.74. The summed E-state index contributed by atoms with van der Waals surface area (Å²) in [6.45, 7) is 1.92. The van der Waals surface area contributed by atoms with Crippen molar-refractivity contribution in [1.29, 1.82) is 0 Å². The third kappa shape index (κ3) is 2.72. The molecule has 0 bridgehead atoms. The second-order valence-electron chi connectivity index (χ2n) is 3.42. The topological polar surface area (TPSA) is 37.3 Å². The SMILES string of the molecule is C/C=C/CC(C(=O)O)C1C=CCC1. The van der Waals surface area contributed by atoms with Gasteiger partial charge in [-0.1, -0.05) is 24.3 Å². The number of carboxylic acid groups (broad SMARTS) is 1. The lowest BCUT2D eigenvalue weighted by Gasteiger charge is -2.15. The van der Waals surface area contributed by atoms with Gasteiger partial charge in [-0.15, -0.1) is 0 Å². The van der Waals surface area contributed by atoms with Crippen molar-refractivity contribution in [3.63, 3.8) is 0 Å². The molecular formula is C11H16O2. The first-order chi connectivity index (χ1) is 6.25. The fourth-order valence-electron chi connectivity index (χ4n) is 1.73. The quantitative estimate of drug-likeness (QED) is 0.675. The molecule has 0 saturated heterocycles. The van der Waals surface area contributed by atoms with Gasteiger partial charge in [0.05, 0.1) is 5.92 Å². The molecule has 2 atom stereocenters. The Morgan fingerprint density at radius 1 is 1.77 bits per heavy atom. The fraction of sp³-hybridized carbons (Fsp3) is 0.545. The van der Waals surface area contributed by atoms with E-state index in [1.807, 2.05) is 25.2 Å². The van der Waals surface area contributed by atoms with Crippen LogP contribution in [0.5, 0.6) is 0 Å². The third-order valence-electron chi connectivity index (χ3n) is 2.51. The second kappa shape index (κ2) is 4.85. The molecule has 0 saturated carbocycles. The van der Waals surface area contributed by atoms with Gasteiger partial charge in [0.25, 0.3) is 0 Å². The van der Waals surface area contributed by atoms with E-state index in [1.54, 1.807) is 0 Å². The van der Waals surface area contributed by atoms with Gasteiger partial charge >= 0.3 is 5.97 Å². The lowest BCUT2D eigenvalue weighted by atomic mass is 9.89. The minimum atomic E-state index is -0.672. The van der Waals surface area contributed by atoms with Crippen molar-refractivity contribution >= 4 is 5.97 Å². The highest BCUT2D eigenvalue weighted by atomic mass is 16.4. The maximum atomic E-state index is 10.9. The number of carbonyl (C=O) groups is 1. The van der Waals surface area contributed by atoms with E-state index < -0.39 is 5.97 Å². The summed E-state index contributed by atoms with van der Waals surface area (Å²) >= 11 is 0. The molecular weight excluding hydrogens is 164 g/mol. The number of rotatable bonds is 4. The third-order valence-corrected chi connectivity index (χ3v) is 2.51. The summed E-state index contributed by atoms with van der Waals surface area (Å²) in [6.07, 6.45) is 10.7. The number of carboxylic acids is 1. The molecule has 0 aromatic heterocycles. The fourth-order valence-corrected chi connectivity index (χ4v) is 1.73. The van der Waals surface area contributed by atoms with Gasteiger partial charge in [-0.25, -0.2) is 0 Å². The van der Waals surface area contributed by atoms with Crippen molar-refractivity contribution in [2.75, 3.05) is 0 Å². The maximum Gasteiger partial charge on any atom is 0.307 e. The zero-order chi connectivity index (χ0) is 9.68. The van der Waals surface area contributed by atoms with E-state index in [0.29, 0.717) is 6.42 Å². The molecule has 1 N–H and O–H groups in total. The van der Waals surface area contributed by atoms with Gasteiger partial charge in [0.15, 0.2) is 0 Å². The molecule has 0 fully saturated rings. The van der Waals surface area contributed by atoms with Crippen LogP contribution >= 0.6 is 0 Å². The Hall–Kier alpha value is -1.05. The van der Waals surface area contributed by atoms with E-state index in [2.05, 4.69) is 6.08 Å². The molecule has 1 rings (SSSR count). The number of allylic oxidation sites excluding steroid dienone is 4. The monoisotopic (exact) mass is 180 g/mol. The summed E-state index contributed by atoms with van der Waals surface area (Å²) in [5.74, 6) is -0.654. The Bertz CT molecular complexity index is 228. The van der Waals surface area contributed by atoms with Gasteiger partial charge in [0, 0.05) is 0 Å². The molecule has 1 aliphatic rings. The summed E-state index contributed by atoms with van der Waals surface area (Å²) < 4.78 is 0. The number of aliphatic carboxylic acids is 1. The molecule has 0 heterocycles. The van der Waals surface area contributed by atoms with Crippen LogP contribution in [0.25, 0.3) is 0 Å². The average Bonchev–Trinajstić information content (AvgIpc) is 2.57. The summed E-state index contributed by atoms with van der Waals surface area (Å²) in [5.41, 5.74) is 0. The van der Waals surface area contributed by atoms with E-state index in [-0.39, 0.29) is 11.8 Å². The first-order valence-corrected chi connectivity index (χ1v) is 4.76. The Balaban J connectivity index is 2.55.